The van der Waals surface area contributed by atoms with Gasteiger partial charge in [-0.2, -0.15) is 13.2 Å². The summed E-state index contributed by atoms with van der Waals surface area (Å²) in [7, 11) is 0. The Morgan fingerprint density at radius 2 is 2.00 bits per heavy atom. The molecule has 3 nitrogen and oxygen atoms in total. The summed E-state index contributed by atoms with van der Waals surface area (Å²) in [6.45, 7) is 3.69. The molecule has 25 heavy (non-hydrogen) atoms. The number of hydrogen-bond donors (Lipinski definition) is 0. The molecule has 7 heteroatoms. The highest BCUT2D eigenvalue weighted by Crippen LogP contribution is 2.34. The van der Waals surface area contributed by atoms with Crippen LogP contribution in [-0.2, 0) is 6.18 Å². The molecule has 1 atom stereocenters. The van der Waals surface area contributed by atoms with Gasteiger partial charge in [-0.3, -0.25) is 0 Å². The van der Waals surface area contributed by atoms with Gasteiger partial charge in [0.2, 0.25) is 5.89 Å². The van der Waals surface area contributed by atoms with Crippen molar-refractivity contribution in [3.8, 4) is 5.75 Å². The molecule has 0 radical (unpaired) electrons. The zero-order chi connectivity index (χ0) is 18.2. The summed E-state index contributed by atoms with van der Waals surface area (Å²) < 4.78 is 49.9. The number of rotatable bonds is 4. The van der Waals surface area contributed by atoms with E-state index in [1.54, 1.807) is 12.1 Å². The summed E-state index contributed by atoms with van der Waals surface area (Å²) in [5.41, 5.74) is 1.23. The zero-order valence-electron chi connectivity index (χ0n) is 13.5. The fourth-order valence-electron chi connectivity index (χ4n) is 2.42. The molecule has 0 saturated carbocycles. The lowest BCUT2D eigenvalue weighted by atomic mass is 10.2. The quantitative estimate of drug-likeness (QED) is 0.538. The van der Waals surface area contributed by atoms with Crippen LogP contribution in [-0.4, -0.2) is 4.98 Å². The van der Waals surface area contributed by atoms with Crippen LogP contribution in [0.1, 0.15) is 36.5 Å². The number of alkyl halides is 3. The average molecular weight is 370 g/mol. The van der Waals surface area contributed by atoms with E-state index in [4.69, 9.17) is 20.8 Å². The molecule has 3 aromatic rings. The lowest BCUT2D eigenvalue weighted by Crippen LogP contribution is -2.09. The molecule has 0 saturated heterocycles. The van der Waals surface area contributed by atoms with Crippen LogP contribution in [0.5, 0.6) is 5.75 Å². The average Bonchev–Trinajstić information content (AvgIpc) is 2.95. The van der Waals surface area contributed by atoms with E-state index in [1.165, 1.54) is 12.1 Å². The lowest BCUT2D eigenvalue weighted by molar-refractivity contribution is -0.137. The van der Waals surface area contributed by atoms with Gasteiger partial charge in [-0.1, -0.05) is 24.6 Å². The molecule has 1 heterocycles. The Balaban J connectivity index is 1.90. The van der Waals surface area contributed by atoms with E-state index >= 15 is 0 Å². The molecule has 0 aliphatic heterocycles. The second kappa shape index (κ2) is 6.59. The van der Waals surface area contributed by atoms with Crippen molar-refractivity contribution in [3.63, 3.8) is 0 Å². The van der Waals surface area contributed by atoms with Crippen molar-refractivity contribution < 1.29 is 22.3 Å². The summed E-state index contributed by atoms with van der Waals surface area (Å²) >= 11 is 6.08. The first kappa shape index (κ1) is 17.6. The Morgan fingerprint density at radius 3 is 2.68 bits per heavy atom. The largest absolute Gasteiger partial charge is 0.481 e. The van der Waals surface area contributed by atoms with Gasteiger partial charge in [0.05, 0.1) is 5.56 Å². The number of nitrogens with zero attached hydrogens (tertiary/aromatic N) is 1. The monoisotopic (exact) mass is 369 g/mol. The molecule has 1 aromatic heterocycles. The van der Waals surface area contributed by atoms with E-state index in [0.717, 1.165) is 17.7 Å². The van der Waals surface area contributed by atoms with Crippen molar-refractivity contribution in [3.05, 3.63) is 58.4 Å². The zero-order valence-corrected chi connectivity index (χ0v) is 14.3. The minimum Gasteiger partial charge on any atom is -0.481 e. The maximum Gasteiger partial charge on any atom is 0.416 e. The number of halogens is 4. The minimum absolute atomic E-state index is 0.109. The number of aryl methyl sites for hydroxylation is 1. The van der Waals surface area contributed by atoms with Gasteiger partial charge >= 0.3 is 6.18 Å². The van der Waals surface area contributed by atoms with E-state index in [2.05, 4.69) is 4.98 Å². The molecule has 0 spiro atoms. The third-order valence-electron chi connectivity index (χ3n) is 3.77. The molecule has 3 rings (SSSR count). The van der Waals surface area contributed by atoms with E-state index in [0.29, 0.717) is 28.4 Å². The Morgan fingerprint density at radius 1 is 1.24 bits per heavy atom. The molecular formula is C18H15ClF3NO2. The van der Waals surface area contributed by atoms with Gasteiger partial charge in [0.15, 0.2) is 11.7 Å². The van der Waals surface area contributed by atoms with Crippen molar-refractivity contribution in [2.24, 2.45) is 0 Å². The molecular weight excluding hydrogens is 355 g/mol. The fourth-order valence-corrected chi connectivity index (χ4v) is 2.58. The third-order valence-corrected chi connectivity index (χ3v) is 4.18. The second-order valence-electron chi connectivity index (χ2n) is 5.66. The van der Waals surface area contributed by atoms with Gasteiger partial charge < -0.3 is 9.15 Å². The summed E-state index contributed by atoms with van der Waals surface area (Å²) in [5.74, 6) is 0.412. The Bertz CT molecular complexity index is 866. The van der Waals surface area contributed by atoms with Crippen molar-refractivity contribution in [2.45, 2.75) is 32.5 Å². The van der Waals surface area contributed by atoms with Crippen LogP contribution in [0, 0.1) is 6.92 Å². The highest BCUT2D eigenvalue weighted by molar-refractivity contribution is 6.32. The molecule has 0 N–H and O–H groups in total. The first-order chi connectivity index (χ1) is 11.8. The number of aromatic nitrogens is 1. The molecule has 0 aliphatic rings. The Labute approximate surface area is 147 Å². The Hall–Kier alpha value is -2.21. The number of hydrogen-bond acceptors (Lipinski definition) is 3. The molecule has 0 amide bonds. The van der Waals surface area contributed by atoms with Crippen molar-refractivity contribution in [2.75, 3.05) is 0 Å². The summed E-state index contributed by atoms with van der Waals surface area (Å²) in [6.07, 6.45) is -4.54. The molecule has 0 aliphatic carbocycles. The van der Waals surface area contributed by atoms with Crippen molar-refractivity contribution >= 4 is 22.7 Å². The summed E-state index contributed by atoms with van der Waals surface area (Å²) in [6, 6.07) is 8.20. The van der Waals surface area contributed by atoms with Crippen LogP contribution in [0.2, 0.25) is 5.02 Å². The van der Waals surface area contributed by atoms with Gasteiger partial charge in [-0.15, -0.1) is 0 Å². The summed E-state index contributed by atoms with van der Waals surface area (Å²) in [5, 5.41) is 0.569. The highest BCUT2D eigenvalue weighted by atomic mass is 35.5. The molecule has 1 unspecified atom stereocenters. The predicted octanol–water partition coefficient (Wildman–Crippen LogP) is 6.34. The van der Waals surface area contributed by atoms with Gasteiger partial charge in [0.1, 0.15) is 11.3 Å². The minimum atomic E-state index is -4.42. The fraction of sp³-hybridized carbons (Fsp3) is 0.278. The summed E-state index contributed by atoms with van der Waals surface area (Å²) in [4.78, 5) is 4.35. The molecule has 0 bridgehead atoms. The van der Waals surface area contributed by atoms with Crippen LogP contribution < -0.4 is 4.74 Å². The van der Waals surface area contributed by atoms with E-state index in [9.17, 15) is 13.2 Å². The number of fused-ring (bicyclic) bond motifs is 1. The van der Waals surface area contributed by atoms with Gasteiger partial charge in [-0.25, -0.2) is 4.98 Å². The van der Waals surface area contributed by atoms with Crippen LogP contribution in [0.15, 0.2) is 40.8 Å². The van der Waals surface area contributed by atoms with Gasteiger partial charge in [-0.05, 0) is 49.2 Å². The number of benzene rings is 2. The van der Waals surface area contributed by atoms with Gasteiger partial charge in [0, 0.05) is 5.02 Å². The number of oxazole rings is 1. The van der Waals surface area contributed by atoms with Crippen LogP contribution in [0.3, 0.4) is 0 Å². The van der Waals surface area contributed by atoms with Crippen LogP contribution in [0.25, 0.3) is 11.1 Å². The third kappa shape index (κ3) is 3.74. The standard InChI is InChI=1S/C18H15ClF3NO2/c1-3-15(24-12-6-4-5-11(8-12)18(20,21)22)17-23-14-9-13(19)10(2)7-16(14)25-17/h4-9,15H,3H2,1-2H3. The Kier molecular flexibility index (Phi) is 4.64. The smallest absolute Gasteiger partial charge is 0.416 e. The molecule has 2 aromatic carbocycles. The van der Waals surface area contributed by atoms with Crippen LogP contribution in [0.4, 0.5) is 13.2 Å². The normalized spacial score (nSPS) is 13.2. The van der Waals surface area contributed by atoms with E-state index in [1.807, 2.05) is 13.8 Å². The highest BCUT2D eigenvalue weighted by Gasteiger charge is 2.31. The molecule has 0 fully saturated rings. The maximum absolute atomic E-state index is 12.8. The molecule has 132 valence electrons. The first-order valence-corrected chi connectivity index (χ1v) is 8.06. The van der Waals surface area contributed by atoms with Gasteiger partial charge in [0.25, 0.3) is 0 Å². The SMILES string of the molecule is CCC(Oc1cccc(C(F)(F)F)c1)c1nc2cc(Cl)c(C)cc2o1. The number of ether oxygens (including phenoxy) is 1. The van der Waals surface area contributed by atoms with Crippen LogP contribution >= 0.6 is 11.6 Å². The van der Waals surface area contributed by atoms with Crippen molar-refractivity contribution in [1.29, 1.82) is 0 Å². The van der Waals surface area contributed by atoms with Crippen molar-refractivity contribution in [1.82, 2.24) is 4.98 Å². The first-order valence-electron chi connectivity index (χ1n) is 7.68. The topological polar surface area (TPSA) is 35.3 Å². The second-order valence-corrected chi connectivity index (χ2v) is 6.07. The van der Waals surface area contributed by atoms with E-state index in [-0.39, 0.29) is 5.75 Å². The van der Waals surface area contributed by atoms with E-state index < -0.39 is 17.8 Å². The predicted molar refractivity (Wildman–Crippen MR) is 88.9 cm³/mol. The maximum atomic E-state index is 12.8. The lowest BCUT2D eigenvalue weighted by Gasteiger charge is -2.15.